The lowest BCUT2D eigenvalue weighted by Crippen LogP contribution is -1.83. The van der Waals surface area contributed by atoms with Crippen molar-refractivity contribution >= 4 is 6.08 Å². The highest BCUT2D eigenvalue weighted by molar-refractivity contribution is 5.48. The van der Waals surface area contributed by atoms with E-state index in [-0.39, 0.29) is 0 Å². The molecular formula is C17H26O. The minimum atomic E-state index is 0.351. The fourth-order valence-electron chi connectivity index (χ4n) is 2.04. The van der Waals surface area contributed by atoms with Gasteiger partial charge in [-0.25, -0.2) is 0 Å². The minimum absolute atomic E-state index is 0.351. The molecule has 0 aliphatic carbocycles. The van der Waals surface area contributed by atoms with Gasteiger partial charge in [-0.2, -0.15) is 0 Å². The van der Waals surface area contributed by atoms with Crippen LogP contribution in [0.1, 0.15) is 56.9 Å². The predicted octanol–water partition coefficient (Wildman–Crippen LogP) is 4.81. The Morgan fingerprint density at radius 1 is 0.778 bits per heavy atom. The largest absolute Gasteiger partial charge is 0.396 e. The van der Waals surface area contributed by atoms with Gasteiger partial charge in [-0.05, 0) is 24.8 Å². The van der Waals surface area contributed by atoms with Crippen LogP contribution in [-0.4, -0.2) is 11.7 Å². The minimum Gasteiger partial charge on any atom is -0.396 e. The molecule has 1 aromatic rings. The van der Waals surface area contributed by atoms with Gasteiger partial charge < -0.3 is 5.11 Å². The van der Waals surface area contributed by atoms with Crippen molar-refractivity contribution in [2.75, 3.05) is 6.61 Å². The van der Waals surface area contributed by atoms with E-state index >= 15 is 0 Å². The highest BCUT2D eigenvalue weighted by Gasteiger charge is 1.90. The maximum Gasteiger partial charge on any atom is 0.0431 e. The van der Waals surface area contributed by atoms with Crippen LogP contribution in [0.15, 0.2) is 36.4 Å². The highest BCUT2D eigenvalue weighted by Crippen LogP contribution is 2.09. The van der Waals surface area contributed by atoms with Crippen LogP contribution in [0.25, 0.3) is 6.08 Å². The molecule has 0 aromatic heterocycles. The van der Waals surface area contributed by atoms with E-state index in [4.69, 9.17) is 5.11 Å². The van der Waals surface area contributed by atoms with Crippen LogP contribution in [0.3, 0.4) is 0 Å². The van der Waals surface area contributed by atoms with Gasteiger partial charge in [0.2, 0.25) is 0 Å². The molecule has 0 unspecified atom stereocenters. The second-order valence-electron chi connectivity index (χ2n) is 4.80. The van der Waals surface area contributed by atoms with Crippen molar-refractivity contribution in [3.8, 4) is 0 Å². The Bertz CT molecular complexity index is 303. The first-order chi connectivity index (χ1) is 8.93. The van der Waals surface area contributed by atoms with Gasteiger partial charge in [0.25, 0.3) is 0 Å². The first kappa shape index (κ1) is 15.0. The van der Waals surface area contributed by atoms with E-state index in [1.165, 1.54) is 50.5 Å². The van der Waals surface area contributed by atoms with Crippen molar-refractivity contribution in [1.82, 2.24) is 0 Å². The van der Waals surface area contributed by atoms with Gasteiger partial charge in [0.1, 0.15) is 0 Å². The normalized spacial score (nSPS) is 11.2. The van der Waals surface area contributed by atoms with Crippen molar-refractivity contribution < 1.29 is 5.11 Å². The lowest BCUT2D eigenvalue weighted by molar-refractivity contribution is 0.282. The third kappa shape index (κ3) is 8.08. The van der Waals surface area contributed by atoms with Crippen LogP contribution in [0, 0.1) is 0 Å². The second kappa shape index (κ2) is 11.0. The van der Waals surface area contributed by atoms with Crippen molar-refractivity contribution in [3.05, 3.63) is 42.0 Å². The number of hydrogen-bond acceptors (Lipinski definition) is 1. The Balaban J connectivity index is 1.91. The van der Waals surface area contributed by atoms with Crippen molar-refractivity contribution in [1.29, 1.82) is 0 Å². The third-order valence-corrected chi connectivity index (χ3v) is 3.14. The van der Waals surface area contributed by atoms with Gasteiger partial charge in [-0.3, -0.25) is 0 Å². The topological polar surface area (TPSA) is 20.2 Å². The zero-order valence-electron chi connectivity index (χ0n) is 11.4. The fourth-order valence-corrected chi connectivity index (χ4v) is 2.04. The molecule has 0 spiro atoms. The number of aliphatic hydroxyl groups is 1. The van der Waals surface area contributed by atoms with Crippen LogP contribution in [0.4, 0.5) is 0 Å². The third-order valence-electron chi connectivity index (χ3n) is 3.14. The quantitative estimate of drug-likeness (QED) is 0.587. The van der Waals surface area contributed by atoms with E-state index in [1.54, 1.807) is 0 Å². The highest BCUT2D eigenvalue weighted by atomic mass is 16.2. The van der Waals surface area contributed by atoms with Crippen molar-refractivity contribution in [2.45, 2.75) is 51.4 Å². The number of unbranched alkanes of at least 4 members (excludes halogenated alkanes) is 7. The fraction of sp³-hybridized carbons (Fsp3) is 0.529. The molecule has 0 aliphatic heterocycles. The van der Waals surface area contributed by atoms with Crippen LogP contribution in [0.2, 0.25) is 0 Å². The summed E-state index contributed by atoms with van der Waals surface area (Å²) in [6.07, 6.45) is 14.4. The molecule has 0 amide bonds. The molecule has 0 saturated heterocycles. The van der Waals surface area contributed by atoms with E-state index in [0.29, 0.717) is 6.61 Å². The second-order valence-corrected chi connectivity index (χ2v) is 4.80. The maximum atomic E-state index is 8.65. The predicted molar refractivity (Wildman–Crippen MR) is 79.5 cm³/mol. The molecule has 1 heteroatoms. The summed E-state index contributed by atoms with van der Waals surface area (Å²) in [7, 11) is 0. The van der Waals surface area contributed by atoms with Crippen LogP contribution < -0.4 is 0 Å². The molecule has 0 radical (unpaired) electrons. The average Bonchev–Trinajstić information content (AvgIpc) is 2.42. The summed E-state index contributed by atoms with van der Waals surface area (Å²) in [6, 6.07) is 10.5. The van der Waals surface area contributed by atoms with E-state index in [1.807, 2.05) is 6.07 Å². The Kier molecular flexibility index (Phi) is 9.18. The van der Waals surface area contributed by atoms with Gasteiger partial charge in [-0.1, -0.05) is 74.6 Å². The number of aliphatic hydroxyl groups excluding tert-OH is 1. The molecular weight excluding hydrogens is 220 g/mol. The number of rotatable bonds is 10. The van der Waals surface area contributed by atoms with E-state index in [0.717, 1.165) is 6.42 Å². The zero-order chi connectivity index (χ0) is 12.9. The summed E-state index contributed by atoms with van der Waals surface area (Å²) < 4.78 is 0. The lowest BCUT2D eigenvalue weighted by atomic mass is 10.1. The van der Waals surface area contributed by atoms with Gasteiger partial charge in [-0.15, -0.1) is 0 Å². The SMILES string of the molecule is OCCCCCCCCCC=Cc1ccccc1. The van der Waals surface area contributed by atoms with Crippen molar-refractivity contribution in [3.63, 3.8) is 0 Å². The molecule has 0 saturated carbocycles. The molecule has 0 heterocycles. The summed E-state index contributed by atoms with van der Waals surface area (Å²) in [5.74, 6) is 0. The molecule has 1 nitrogen and oxygen atoms in total. The first-order valence-corrected chi connectivity index (χ1v) is 7.26. The Labute approximate surface area is 112 Å². The molecule has 100 valence electrons. The van der Waals surface area contributed by atoms with Gasteiger partial charge in [0.05, 0.1) is 0 Å². The molecule has 0 fully saturated rings. The summed E-state index contributed by atoms with van der Waals surface area (Å²) in [6.45, 7) is 0.351. The molecule has 1 rings (SSSR count). The Hall–Kier alpha value is -1.08. The number of hydrogen-bond donors (Lipinski definition) is 1. The lowest BCUT2D eigenvalue weighted by Gasteiger charge is -1.99. The zero-order valence-corrected chi connectivity index (χ0v) is 11.4. The monoisotopic (exact) mass is 246 g/mol. The maximum absolute atomic E-state index is 8.65. The summed E-state index contributed by atoms with van der Waals surface area (Å²) >= 11 is 0. The molecule has 1 aromatic carbocycles. The average molecular weight is 246 g/mol. The molecule has 0 aliphatic rings. The summed E-state index contributed by atoms with van der Waals surface area (Å²) in [4.78, 5) is 0. The van der Waals surface area contributed by atoms with E-state index in [2.05, 4.69) is 36.4 Å². The van der Waals surface area contributed by atoms with Crippen LogP contribution in [0.5, 0.6) is 0 Å². The molecule has 1 N–H and O–H groups in total. The standard InChI is InChI=1S/C17H26O/c18-16-12-7-5-3-1-2-4-6-9-13-17-14-10-8-11-15-17/h8-11,13-15,18H,1-7,12,16H2. The van der Waals surface area contributed by atoms with Crippen molar-refractivity contribution in [2.24, 2.45) is 0 Å². The molecule has 18 heavy (non-hydrogen) atoms. The number of allylic oxidation sites excluding steroid dienone is 1. The van der Waals surface area contributed by atoms with E-state index < -0.39 is 0 Å². The Morgan fingerprint density at radius 3 is 2.06 bits per heavy atom. The van der Waals surface area contributed by atoms with Gasteiger partial charge in [0, 0.05) is 6.61 Å². The Morgan fingerprint density at radius 2 is 1.39 bits per heavy atom. The van der Waals surface area contributed by atoms with Crippen LogP contribution >= 0.6 is 0 Å². The number of benzene rings is 1. The molecule has 0 atom stereocenters. The van der Waals surface area contributed by atoms with Crippen LogP contribution in [-0.2, 0) is 0 Å². The van der Waals surface area contributed by atoms with Gasteiger partial charge in [0.15, 0.2) is 0 Å². The summed E-state index contributed by atoms with van der Waals surface area (Å²) in [5.41, 5.74) is 1.29. The summed E-state index contributed by atoms with van der Waals surface area (Å²) in [5, 5.41) is 8.65. The van der Waals surface area contributed by atoms with E-state index in [9.17, 15) is 0 Å². The smallest absolute Gasteiger partial charge is 0.0431 e. The first-order valence-electron chi connectivity index (χ1n) is 7.26. The van der Waals surface area contributed by atoms with Gasteiger partial charge >= 0.3 is 0 Å². The molecule has 0 bridgehead atoms.